The Morgan fingerprint density at radius 1 is 1.21 bits per heavy atom. The highest BCUT2D eigenvalue weighted by Crippen LogP contribution is 2.28. The van der Waals surface area contributed by atoms with Crippen LogP contribution in [0.3, 0.4) is 0 Å². The van der Waals surface area contributed by atoms with Gasteiger partial charge in [0.25, 0.3) is 5.69 Å². The third-order valence-corrected chi connectivity index (χ3v) is 2.56. The molecular weight excluding hydrogens is 244 g/mol. The van der Waals surface area contributed by atoms with Crippen molar-refractivity contribution in [1.29, 1.82) is 5.26 Å². The van der Waals surface area contributed by atoms with Crippen LogP contribution in [0.4, 0.5) is 22.7 Å². The molecular formula is C13H10N4O2. The van der Waals surface area contributed by atoms with Gasteiger partial charge in [0, 0.05) is 12.1 Å². The number of para-hydroxylation sites is 1. The molecule has 2 aromatic rings. The van der Waals surface area contributed by atoms with E-state index in [-0.39, 0.29) is 11.4 Å². The number of hydrogen-bond donors (Lipinski definition) is 2. The number of hydrogen-bond acceptors (Lipinski definition) is 5. The summed E-state index contributed by atoms with van der Waals surface area (Å²) in [6, 6.07) is 13.1. The number of nitrogens with two attached hydrogens (primary N) is 1. The van der Waals surface area contributed by atoms with Gasteiger partial charge in [-0.2, -0.15) is 5.26 Å². The molecule has 0 aliphatic carbocycles. The van der Waals surface area contributed by atoms with E-state index in [1.54, 1.807) is 24.3 Å². The first kappa shape index (κ1) is 12.4. The molecule has 0 spiro atoms. The van der Waals surface area contributed by atoms with Crippen molar-refractivity contribution in [3.63, 3.8) is 0 Å². The summed E-state index contributed by atoms with van der Waals surface area (Å²) < 4.78 is 0. The number of nitrogens with zero attached hydrogens (tertiary/aromatic N) is 2. The Balaban J connectivity index is 2.34. The average Bonchev–Trinajstić information content (AvgIpc) is 2.41. The monoisotopic (exact) mass is 254 g/mol. The summed E-state index contributed by atoms with van der Waals surface area (Å²) in [5, 5.41) is 22.6. The molecule has 0 bridgehead atoms. The number of nitrogens with one attached hydrogen (secondary N) is 1. The largest absolute Gasteiger partial charge is 0.397 e. The summed E-state index contributed by atoms with van der Waals surface area (Å²) in [6.45, 7) is 0. The standard InChI is InChI=1S/C13H10N4O2/c14-8-9-3-1-2-4-12(9)16-13-6-5-10(17(18)19)7-11(13)15/h1-7,16H,15H2. The third kappa shape index (κ3) is 2.61. The molecule has 0 amide bonds. The van der Waals surface area contributed by atoms with Crippen LogP contribution in [0.2, 0.25) is 0 Å². The highest BCUT2D eigenvalue weighted by Gasteiger charge is 2.09. The van der Waals surface area contributed by atoms with Crippen molar-refractivity contribution >= 4 is 22.7 Å². The average molecular weight is 254 g/mol. The van der Waals surface area contributed by atoms with E-state index >= 15 is 0 Å². The number of nitrogen functional groups attached to an aromatic ring is 1. The van der Waals surface area contributed by atoms with E-state index in [2.05, 4.69) is 11.4 Å². The summed E-state index contributed by atoms with van der Waals surface area (Å²) in [7, 11) is 0. The van der Waals surface area contributed by atoms with Crippen LogP contribution in [-0.4, -0.2) is 4.92 Å². The molecule has 2 rings (SSSR count). The smallest absolute Gasteiger partial charge is 0.271 e. The van der Waals surface area contributed by atoms with Crippen LogP contribution in [0.25, 0.3) is 0 Å². The molecule has 0 saturated heterocycles. The van der Waals surface area contributed by atoms with Gasteiger partial charge in [-0.15, -0.1) is 0 Å². The summed E-state index contributed by atoms with van der Waals surface area (Å²) in [5.74, 6) is 0. The van der Waals surface area contributed by atoms with Crippen LogP contribution in [0.15, 0.2) is 42.5 Å². The van der Waals surface area contributed by atoms with Gasteiger partial charge in [0.2, 0.25) is 0 Å². The van der Waals surface area contributed by atoms with Crippen molar-refractivity contribution in [2.75, 3.05) is 11.1 Å². The summed E-state index contributed by atoms with van der Waals surface area (Å²) >= 11 is 0. The lowest BCUT2D eigenvalue weighted by Crippen LogP contribution is -1.99. The van der Waals surface area contributed by atoms with Gasteiger partial charge in [-0.3, -0.25) is 10.1 Å². The van der Waals surface area contributed by atoms with Gasteiger partial charge in [-0.25, -0.2) is 0 Å². The van der Waals surface area contributed by atoms with Crippen molar-refractivity contribution in [2.45, 2.75) is 0 Å². The molecule has 6 heteroatoms. The lowest BCUT2D eigenvalue weighted by Gasteiger charge is -2.10. The number of anilines is 3. The highest BCUT2D eigenvalue weighted by molar-refractivity contribution is 5.76. The molecule has 0 fully saturated rings. The topological polar surface area (TPSA) is 105 Å². The van der Waals surface area contributed by atoms with Crippen molar-refractivity contribution in [3.05, 3.63) is 58.1 Å². The minimum Gasteiger partial charge on any atom is -0.397 e. The van der Waals surface area contributed by atoms with Crippen LogP contribution in [-0.2, 0) is 0 Å². The number of non-ortho nitro benzene ring substituents is 1. The van der Waals surface area contributed by atoms with E-state index in [4.69, 9.17) is 11.0 Å². The molecule has 0 radical (unpaired) electrons. The summed E-state index contributed by atoms with van der Waals surface area (Å²) in [5.41, 5.74) is 7.52. The SMILES string of the molecule is N#Cc1ccccc1Nc1ccc([N+](=O)[O-])cc1N. The first-order chi connectivity index (χ1) is 9.11. The van der Waals surface area contributed by atoms with Gasteiger partial charge >= 0.3 is 0 Å². The lowest BCUT2D eigenvalue weighted by atomic mass is 10.1. The fourth-order valence-electron chi connectivity index (χ4n) is 1.61. The zero-order valence-corrected chi connectivity index (χ0v) is 9.83. The Morgan fingerprint density at radius 3 is 2.58 bits per heavy atom. The lowest BCUT2D eigenvalue weighted by molar-refractivity contribution is -0.384. The van der Waals surface area contributed by atoms with Crippen LogP contribution < -0.4 is 11.1 Å². The number of benzene rings is 2. The first-order valence-corrected chi connectivity index (χ1v) is 5.42. The minimum absolute atomic E-state index is 0.0726. The molecule has 19 heavy (non-hydrogen) atoms. The molecule has 6 nitrogen and oxygen atoms in total. The van der Waals surface area contributed by atoms with Gasteiger partial charge in [-0.05, 0) is 18.2 Å². The van der Waals surface area contributed by atoms with Crippen molar-refractivity contribution in [2.24, 2.45) is 0 Å². The fraction of sp³-hybridized carbons (Fsp3) is 0. The first-order valence-electron chi connectivity index (χ1n) is 5.42. The van der Waals surface area contributed by atoms with Crippen LogP contribution in [0, 0.1) is 21.4 Å². The van der Waals surface area contributed by atoms with E-state index in [0.717, 1.165) is 0 Å². The zero-order valence-electron chi connectivity index (χ0n) is 9.83. The second-order valence-electron chi connectivity index (χ2n) is 3.81. The third-order valence-electron chi connectivity index (χ3n) is 2.56. The Hall–Kier alpha value is -3.07. The number of rotatable bonds is 3. The van der Waals surface area contributed by atoms with Crippen molar-refractivity contribution < 1.29 is 4.92 Å². The highest BCUT2D eigenvalue weighted by atomic mass is 16.6. The number of nitro benzene ring substituents is 1. The van der Waals surface area contributed by atoms with E-state index in [1.807, 2.05) is 0 Å². The molecule has 0 unspecified atom stereocenters. The van der Waals surface area contributed by atoms with Crippen molar-refractivity contribution in [1.82, 2.24) is 0 Å². The Kier molecular flexibility index (Phi) is 3.30. The zero-order chi connectivity index (χ0) is 13.8. The molecule has 3 N–H and O–H groups in total. The maximum absolute atomic E-state index is 10.6. The van der Waals surface area contributed by atoms with Crippen LogP contribution in [0.5, 0.6) is 0 Å². The van der Waals surface area contributed by atoms with E-state index < -0.39 is 4.92 Å². The fourth-order valence-corrected chi connectivity index (χ4v) is 1.61. The van der Waals surface area contributed by atoms with Gasteiger partial charge in [0.05, 0.1) is 27.5 Å². The molecule has 0 saturated carbocycles. The normalized spacial score (nSPS) is 9.63. The van der Waals surface area contributed by atoms with Crippen LogP contribution >= 0.6 is 0 Å². The van der Waals surface area contributed by atoms with Gasteiger partial charge in [0.1, 0.15) is 6.07 Å². The van der Waals surface area contributed by atoms with E-state index in [0.29, 0.717) is 16.9 Å². The molecule has 0 heterocycles. The Morgan fingerprint density at radius 2 is 1.95 bits per heavy atom. The predicted octanol–water partition coefficient (Wildman–Crippen LogP) is 2.79. The van der Waals surface area contributed by atoms with Gasteiger partial charge in [-0.1, -0.05) is 12.1 Å². The van der Waals surface area contributed by atoms with Gasteiger partial charge in [0.15, 0.2) is 0 Å². The van der Waals surface area contributed by atoms with Crippen molar-refractivity contribution in [3.8, 4) is 6.07 Å². The molecule has 0 aliphatic heterocycles. The minimum atomic E-state index is -0.511. The van der Waals surface area contributed by atoms with E-state index in [9.17, 15) is 10.1 Å². The number of nitriles is 1. The second-order valence-corrected chi connectivity index (χ2v) is 3.81. The summed E-state index contributed by atoms with van der Waals surface area (Å²) in [6.07, 6.45) is 0. The predicted molar refractivity (Wildman–Crippen MR) is 71.9 cm³/mol. The molecule has 2 aromatic carbocycles. The quantitative estimate of drug-likeness (QED) is 0.497. The van der Waals surface area contributed by atoms with Gasteiger partial charge < -0.3 is 11.1 Å². The Bertz CT molecular complexity index is 677. The van der Waals surface area contributed by atoms with Crippen LogP contribution in [0.1, 0.15) is 5.56 Å². The maximum atomic E-state index is 10.6. The molecule has 94 valence electrons. The second kappa shape index (κ2) is 5.06. The molecule has 0 aliphatic rings. The maximum Gasteiger partial charge on any atom is 0.271 e. The number of nitro groups is 1. The Labute approximate surface area is 109 Å². The molecule has 0 atom stereocenters. The van der Waals surface area contributed by atoms with E-state index in [1.165, 1.54) is 18.2 Å². The molecule has 0 aromatic heterocycles. The summed E-state index contributed by atoms with van der Waals surface area (Å²) in [4.78, 5) is 10.1.